The lowest BCUT2D eigenvalue weighted by Gasteiger charge is -2.10. The fourth-order valence-corrected chi connectivity index (χ4v) is 2.27. The molecule has 1 N–H and O–H groups in total. The third kappa shape index (κ3) is 3.25. The fraction of sp³-hybridized carbons (Fsp3) is 0.417. The lowest BCUT2D eigenvalue weighted by molar-refractivity contribution is 0.0949. The van der Waals surface area contributed by atoms with Crippen LogP contribution in [0.4, 0.5) is 8.78 Å². The SMILES string of the molecule is O=C(NCC(Br)C1CC1)c1cc(F)ccc1F. The summed E-state index contributed by atoms with van der Waals surface area (Å²) >= 11 is 3.46. The summed E-state index contributed by atoms with van der Waals surface area (Å²) in [4.78, 5) is 11.8. The maximum Gasteiger partial charge on any atom is 0.254 e. The van der Waals surface area contributed by atoms with Crippen LogP contribution in [0.1, 0.15) is 23.2 Å². The van der Waals surface area contributed by atoms with E-state index < -0.39 is 17.5 Å². The van der Waals surface area contributed by atoms with Gasteiger partial charge in [0.05, 0.1) is 5.56 Å². The Hall–Kier alpha value is -0.970. The highest BCUT2D eigenvalue weighted by atomic mass is 79.9. The number of rotatable bonds is 4. The number of nitrogens with one attached hydrogen (secondary N) is 1. The Balaban J connectivity index is 1.96. The molecule has 1 aromatic carbocycles. The molecule has 92 valence electrons. The molecule has 5 heteroatoms. The van der Waals surface area contributed by atoms with Gasteiger partial charge in [-0.1, -0.05) is 15.9 Å². The van der Waals surface area contributed by atoms with Gasteiger partial charge in [0.15, 0.2) is 0 Å². The van der Waals surface area contributed by atoms with E-state index in [0.29, 0.717) is 12.5 Å². The molecule has 0 aliphatic heterocycles. The van der Waals surface area contributed by atoms with Crippen molar-refractivity contribution < 1.29 is 13.6 Å². The second-order valence-electron chi connectivity index (χ2n) is 4.19. The molecule has 0 radical (unpaired) electrons. The van der Waals surface area contributed by atoms with Crippen molar-refractivity contribution in [2.45, 2.75) is 17.7 Å². The minimum Gasteiger partial charge on any atom is -0.351 e. The largest absolute Gasteiger partial charge is 0.351 e. The van der Waals surface area contributed by atoms with E-state index in [1.165, 1.54) is 0 Å². The van der Waals surface area contributed by atoms with Crippen LogP contribution in [0.5, 0.6) is 0 Å². The van der Waals surface area contributed by atoms with Gasteiger partial charge in [-0.3, -0.25) is 4.79 Å². The third-order valence-corrected chi connectivity index (χ3v) is 3.84. The molecule has 0 aromatic heterocycles. The lowest BCUT2D eigenvalue weighted by Crippen LogP contribution is -2.31. The van der Waals surface area contributed by atoms with Crippen molar-refractivity contribution in [3.8, 4) is 0 Å². The molecule has 1 aliphatic rings. The van der Waals surface area contributed by atoms with Crippen LogP contribution < -0.4 is 5.32 Å². The highest BCUT2D eigenvalue weighted by Crippen LogP contribution is 2.36. The zero-order valence-corrected chi connectivity index (χ0v) is 10.6. The molecular weight excluding hydrogens is 292 g/mol. The number of halogens is 3. The van der Waals surface area contributed by atoms with E-state index in [2.05, 4.69) is 21.2 Å². The summed E-state index contributed by atoms with van der Waals surface area (Å²) in [5.74, 6) is -1.31. The molecule has 17 heavy (non-hydrogen) atoms. The average molecular weight is 304 g/mol. The molecule has 1 unspecified atom stereocenters. The summed E-state index contributed by atoms with van der Waals surface area (Å²) in [6.07, 6.45) is 2.31. The van der Waals surface area contributed by atoms with Crippen molar-refractivity contribution in [1.29, 1.82) is 0 Å². The van der Waals surface area contributed by atoms with Crippen LogP contribution in [0.2, 0.25) is 0 Å². The van der Waals surface area contributed by atoms with Gasteiger partial charge in [-0.15, -0.1) is 0 Å². The number of hydrogen-bond donors (Lipinski definition) is 1. The van der Waals surface area contributed by atoms with E-state index in [9.17, 15) is 13.6 Å². The summed E-state index contributed by atoms with van der Waals surface area (Å²) in [7, 11) is 0. The molecule has 0 spiro atoms. The van der Waals surface area contributed by atoms with Crippen molar-refractivity contribution in [1.82, 2.24) is 5.32 Å². The number of carbonyl (C=O) groups is 1. The van der Waals surface area contributed by atoms with Gasteiger partial charge in [-0.05, 0) is 37.0 Å². The van der Waals surface area contributed by atoms with Crippen molar-refractivity contribution >= 4 is 21.8 Å². The minimum absolute atomic E-state index is 0.211. The number of benzene rings is 1. The zero-order chi connectivity index (χ0) is 12.4. The van der Waals surface area contributed by atoms with Gasteiger partial charge in [0.25, 0.3) is 5.91 Å². The quantitative estimate of drug-likeness (QED) is 0.852. The van der Waals surface area contributed by atoms with Crippen molar-refractivity contribution in [3.05, 3.63) is 35.4 Å². The average Bonchev–Trinajstić information content (AvgIpc) is 3.12. The lowest BCUT2D eigenvalue weighted by atomic mass is 10.2. The van der Waals surface area contributed by atoms with Gasteiger partial charge in [0.1, 0.15) is 11.6 Å². The monoisotopic (exact) mass is 303 g/mol. The number of hydrogen-bond acceptors (Lipinski definition) is 1. The van der Waals surface area contributed by atoms with E-state index in [4.69, 9.17) is 0 Å². The molecule has 1 fully saturated rings. The first-order chi connectivity index (χ1) is 8.08. The molecule has 1 amide bonds. The Labute approximate surface area is 107 Å². The summed E-state index contributed by atoms with van der Waals surface area (Å²) in [5, 5.41) is 2.60. The van der Waals surface area contributed by atoms with Crippen LogP contribution in [0, 0.1) is 17.6 Å². The first-order valence-electron chi connectivity index (χ1n) is 5.45. The molecule has 1 atom stereocenters. The third-order valence-electron chi connectivity index (χ3n) is 2.76. The van der Waals surface area contributed by atoms with Crippen LogP contribution in [0.25, 0.3) is 0 Å². The highest BCUT2D eigenvalue weighted by molar-refractivity contribution is 9.09. The van der Waals surface area contributed by atoms with Gasteiger partial charge in [-0.2, -0.15) is 0 Å². The van der Waals surface area contributed by atoms with Gasteiger partial charge in [0.2, 0.25) is 0 Å². The zero-order valence-electron chi connectivity index (χ0n) is 9.05. The summed E-state index contributed by atoms with van der Waals surface area (Å²) in [6, 6.07) is 2.85. The second-order valence-corrected chi connectivity index (χ2v) is 5.36. The van der Waals surface area contributed by atoms with Crippen LogP contribution in [-0.2, 0) is 0 Å². The second kappa shape index (κ2) is 5.12. The Bertz CT molecular complexity index is 435. The number of amides is 1. The Kier molecular flexibility index (Phi) is 3.76. The molecule has 0 saturated heterocycles. The van der Waals surface area contributed by atoms with Crippen LogP contribution in [0.3, 0.4) is 0 Å². The van der Waals surface area contributed by atoms with Gasteiger partial charge >= 0.3 is 0 Å². The first-order valence-corrected chi connectivity index (χ1v) is 6.37. The highest BCUT2D eigenvalue weighted by Gasteiger charge is 2.29. The Morgan fingerprint density at radius 1 is 1.47 bits per heavy atom. The van der Waals surface area contributed by atoms with E-state index >= 15 is 0 Å². The molecule has 1 aromatic rings. The van der Waals surface area contributed by atoms with Crippen LogP contribution in [-0.4, -0.2) is 17.3 Å². The maximum absolute atomic E-state index is 13.3. The van der Waals surface area contributed by atoms with Crippen molar-refractivity contribution in [2.24, 2.45) is 5.92 Å². The van der Waals surface area contributed by atoms with E-state index in [-0.39, 0.29) is 10.4 Å². The van der Waals surface area contributed by atoms with Crippen molar-refractivity contribution in [3.63, 3.8) is 0 Å². The van der Waals surface area contributed by atoms with E-state index in [1.807, 2.05) is 0 Å². The normalized spacial score (nSPS) is 16.6. The van der Waals surface area contributed by atoms with Crippen molar-refractivity contribution in [2.75, 3.05) is 6.54 Å². The Morgan fingerprint density at radius 2 is 2.18 bits per heavy atom. The maximum atomic E-state index is 13.3. The molecule has 0 bridgehead atoms. The summed E-state index contributed by atoms with van der Waals surface area (Å²) < 4.78 is 26.2. The Morgan fingerprint density at radius 3 is 2.82 bits per heavy atom. The standard InChI is InChI=1S/C12H12BrF2NO/c13-10(7-1-2-7)6-16-12(17)9-5-8(14)3-4-11(9)15/h3-5,7,10H,1-2,6H2,(H,16,17). The smallest absolute Gasteiger partial charge is 0.254 e. The molecule has 2 rings (SSSR count). The van der Waals surface area contributed by atoms with E-state index in [0.717, 1.165) is 31.0 Å². The molecule has 1 aliphatic carbocycles. The summed E-state index contributed by atoms with van der Waals surface area (Å²) in [6.45, 7) is 0.430. The summed E-state index contributed by atoms with van der Waals surface area (Å²) in [5.41, 5.74) is -0.250. The minimum atomic E-state index is -0.707. The molecule has 0 heterocycles. The number of alkyl halides is 1. The predicted octanol–water partition coefficient (Wildman–Crippen LogP) is 2.87. The predicted molar refractivity (Wildman–Crippen MR) is 64.1 cm³/mol. The van der Waals surface area contributed by atoms with Gasteiger partial charge < -0.3 is 5.32 Å². The first kappa shape index (κ1) is 12.5. The van der Waals surface area contributed by atoms with Crippen LogP contribution >= 0.6 is 15.9 Å². The fourth-order valence-electron chi connectivity index (χ4n) is 1.58. The van der Waals surface area contributed by atoms with Gasteiger partial charge in [0, 0.05) is 11.4 Å². The van der Waals surface area contributed by atoms with Gasteiger partial charge in [-0.25, -0.2) is 8.78 Å². The molecule has 1 saturated carbocycles. The molecule has 2 nitrogen and oxygen atoms in total. The van der Waals surface area contributed by atoms with Crippen LogP contribution in [0.15, 0.2) is 18.2 Å². The van der Waals surface area contributed by atoms with E-state index in [1.54, 1.807) is 0 Å². The topological polar surface area (TPSA) is 29.1 Å². The number of carbonyl (C=O) groups excluding carboxylic acids is 1. The molecular formula is C12H12BrF2NO.